The van der Waals surface area contributed by atoms with E-state index in [4.69, 9.17) is 0 Å². The van der Waals surface area contributed by atoms with Gasteiger partial charge in [0.05, 0.1) is 0 Å². The number of hydrogen-bond acceptors (Lipinski definition) is 0. The Balaban J connectivity index is 1.61. The molecule has 122 valence electrons. The summed E-state index contributed by atoms with van der Waals surface area (Å²) in [7, 11) is 0. The zero-order valence-corrected chi connectivity index (χ0v) is 13.9. The molecule has 0 N–H and O–H groups in total. The molecular formula is C20H35F. The van der Waals surface area contributed by atoms with Crippen LogP contribution in [0.25, 0.3) is 0 Å². The molecule has 0 saturated heterocycles. The normalized spacial score (nSPS) is 34.7. The third-order valence-electron chi connectivity index (χ3n) is 6.89. The molecule has 0 bridgehead atoms. The summed E-state index contributed by atoms with van der Waals surface area (Å²) in [4.78, 5) is 0. The van der Waals surface area contributed by atoms with E-state index in [0.29, 0.717) is 0 Å². The predicted octanol–water partition coefficient (Wildman–Crippen LogP) is 6.68. The number of hydrogen-bond donors (Lipinski definition) is 0. The van der Waals surface area contributed by atoms with Crippen LogP contribution in [0.1, 0.15) is 96.3 Å². The molecule has 0 aromatic rings. The lowest BCUT2D eigenvalue weighted by molar-refractivity contribution is 0.0864. The van der Waals surface area contributed by atoms with Crippen molar-refractivity contribution >= 4 is 0 Å². The van der Waals surface area contributed by atoms with E-state index < -0.39 is 6.17 Å². The van der Waals surface area contributed by atoms with Gasteiger partial charge in [0.15, 0.2) is 0 Å². The highest BCUT2D eigenvalue weighted by Gasteiger charge is 2.34. The fourth-order valence-corrected chi connectivity index (χ4v) is 5.65. The van der Waals surface area contributed by atoms with Crippen molar-refractivity contribution in [3.63, 3.8) is 0 Å². The van der Waals surface area contributed by atoms with Gasteiger partial charge < -0.3 is 0 Å². The molecule has 0 nitrogen and oxygen atoms in total. The highest BCUT2D eigenvalue weighted by atomic mass is 19.1. The number of rotatable bonds is 4. The third kappa shape index (κ3) is 4.45. The molecule has 3 aliphatic carbocycles. The molecule has 1 atom stereocenters. The van der Waals surface area contributed by atoms with Crippen LogP contribution in [0, 0.1) is 23.7 Å². The molecule has 1 heteroatoms. The maximum absolute atomic E-state index is 13.5. The first-order valence-corrected chi connectivity index (χ1v) is 9.97. The van der Waals surface area contributed by atoms with Crippen molar-refractivity contribution in [1.82, 2.24) is 0 Å². The van der Waals surface area contributed by atoms with E-state index in [1.54, 1.807) is 0 Å². The van der Waals surface area contributed by atoms with Crippen LogP contribution in [0.5, 0.6) is 0 Å². The van der Waals surface area contributed by atoms with E-state index in [1.807, 2.05) is 0 Å². The molecular weight excluding hydrogens is 259 g/mol. The van der Waals surface area contributed by atoms with Gasteiger partial charge in [-0.05, 0) is 55.8 Å². The number of halogens is 1. The van der Waals surface area contributed by atoms with Crippen LogP contribution in [-0.4, -0.2) is 6.17 Å². The smallest absolute Gasteiger partial charge is 0.100 e. The second kappa shape index (κ2) is 7.97. The van der Waals surface area contributed by atoms with Crippen molar-refractivity contribution in [2.75, 3.05) is 0 Å². The highest BCUT2D eigenvalue weighted by Crippen LogP contribution is 2.45. The Morgan fingerprint density at radius 2 is 1.14 bits per heavy atom. The number of alkyl halides is 1. The Bertz CT molecular complexity index is 280. The van der Waals surface area contributed by atoms with Gasteiger partial charge in [-0.1, -0.05) is 64.2 Å². The Hall–Kier alpha value is -0.0700. The van der Waals surface area contributed by atoms with Crippen LogP contribution in [0.2, 0.25) is 0 Å². The summed E-state index contributed by atoms with van der Waals surface area (Å²) in [5.74, 6) is 3.80. The molecule has 3 saturated carbocycles. The van der Waals surface area contributed by atoms with E-state index in [0.717, 1.165) is 36.5 Å². The average molecular weight is 294 g/mol. The first kappa shape index (κ1) is 15.8. The standard InChI is InChI=1S/C20H35F/c21-19-13-11-18(12-14-19)20(17-9-5-2-6-10-17)15-16-7-3-1-4-8-16/h16-20H,1-15H2. The van der Waals surface area contributed by atoms with E-state index in [1.165, 1.54) is 83.5 Å². The van der Waals surface area contributed by atoms with E-state index in [2.05, 4.69) is 0 Å². The topological polar surface area (TPSA) is 0 Å². The fourth-order valence-electron chi connectivity index (χ4n) is 5.65. The minimum atomic E-state index is -0.483. The van der Waals surface area contributed by atoms with Gasteiger partial charge in [-0.3, -0.25) is 0 Å². The summed E-state index contributed by atoms with van der Waals surface area (Å²) in [6.07, 6.45) is 19.8. The predicted molar refractivity (Wildman–Crippen MR) is 88.1 cm³/mol. The summed E-state index contributed by atoms with van der Waals surface area (Å²) < 4.78 is 13.5. The largest absolute Gasteiger partial charge is 0.247 e. The van der Waals surface area contributed by atoms with Crippen LogP contribution >= 0.6 is 0 Å². The second-order valence-electron chi connectivity index (χ2n) is 8.31. The SMILES string of the molecule is FC1CCC(C(CC2CCCCC2)C2CCCCC2)CC1. The van der Waals surface area contributed by atoms with E-state index in [9.17, 15) is 4.39 Å². The maximum Gasteiger partial charge on any atom is 0.100 e. The molecule has 0 spiro atoms. The van der Waals surface area contributed by atoms with E-state index >= 15 is 0 Å². The summed E-state index contributed by atoms with van der Waals surface area (Å²) in [5, 5.41) is 0. The molecule has 0 aromatic carbocycles. The molecule has 3 rings (SSSR count). The molecule has 0 aliphatic heterocycles. The second-order valence-corrected chi connectivity index (χ2v) is 8.31. The Morgan fingerprint density at radius 3 is 1.76 bits per heavy atom. The third-order valence-corrected chi connectivity index (χ3v) is 6.89. The van der Waals surface area contributed by atoms with Gasteiger partial charge >= 0.3 is 0 Å². The molecule has 1 unspecified atom stereocenters. The van der Waals surface area contributed by atoms with Crippen LogP contribution in [0.4, 0.5) is 4.39 Å². The lowest BCUT2D eigenvalue weighted by atomic mass is 9.65. The minimum Gasteiger partial charge on any atom is -0.247 e. The van der Waals surface area contributed by atoms with Crippen molar-refractivity contribution in [1.29, 1.82) is 0 Å². The van der Waals surface area contributed by atoms with Crippen LogP contribution in [-0.2, 0) is 0 Å². The highest BCUT2D eigenvalue weighted by molar-refractivity contribution is 4.85. The summed E-state index contributed by atoms with van der Waals surface area (Å²) in [6, 6.07) is 0. The van der Waals surface area contributed by atoms with Crippen LogP contribution in [0.3, 0.4) is 0 Å². The van der Waals surface area contributed by atoms with E-state index in [-0.39, 0.29) is 0 Å². The van der Waals surface area contributed by atoms with Crippen molar-refractivity contribution in [2.45, 2.75) is 102 Å². The first-order chi connectivity index (χ1) is 10.3. The molecule has 3 aliphatic rings. The maximum atomic E-state index is 13.5. The lowest BCUT2D eigenvalue weighted by Gasteiger charge is -2.40. The van der Waals surface area contributed by atoms with Gasteiger partial charge in [0.25, 0.3) is 0 Å². The lowest BCUT2D eigenvalue weighted by Crippen LogP contribution is -2.31. The fraction of sp³-hybridized carbons (Fsp3) is 1.00. The van der Waals surface area contributed by atoms with Crippen molar-refractivity contribution in [3.8, 4) is 0 Å². The van der Waals surface area contributed by atoms with Gasteiger partial charge in [-0.15, -0.1) is 0 Å². The van der Waals surface area contributed by atoms with Gasteiger partial charge in [0.2, 0.25) is 0 Å². The summed E-state index contributed by atoms with van der Waals surface area (Å²) in [5.41, 5.74) is 0. The molecule has 3 fully saturated rings. The Morgan fingerprint density at radius 1 is 0.619 bits per heavy atom. The van der Waals surface area contributed by atoms with Gasteiger partial charge in [-0.2, -0.15) is 0 Å². The summed E-state index contributed by atoms with van der Waals surface area (Å²) in [6.45, 7) is 0. The average Bonchev–Trinajstić information content (AvgIpc) is 2.55. The first-order valence-electron chi connectivity index (χ1n) is 9.97. The molecule has 0 radical (unpaired) electrons. The molecule has 0 aromatic heterocycles. The van der Waals surface area contributed by atoms with Crippen LogP contribution < -0.4 is 0 Å². The van der Waals surface area contributed by atoms with Gasteiger partial charge in [0.1, 0.15) is 6.17 Å². The monoisotopic (exact) mass is 294 g/mol. The molecule has 0 amide bonds. The Labute approximate surface area is 131 Å². The van der Waals surface area contributed by atoms with Crippen molar-refractivity contribution in [2.24, 2.45) is 23.7 Å². The quantitative estimate of drug-likeness (QED) is 0.542. The minimum absolute atomic E-state index is 0.483. The molecule has 21 heavy (non-hydrogen) atoms. The zero-order chi connectivity index (χ0) is 14.5. The molecule has 0 heterocycles. The Kier molecular flexibility index (Phi) is 6.00. The van der Waals surface area contributed by atoms with Crippen molar-refractivity contribution in [3.05, 3.63) is 0 Å². The van der Waals surface area contributed by atoms with Crippen molar-refractivity contribution < 1.29 is 4.39 Å². The van der Waals surface area contributed by atoms with Gasteiger partial charge in [-0.25, -0.2) is 4.39 Å². The zero-order valence-electron chi connectivity index (χ0n) is 13.9. The summed E-state index contributed by atoms with van der Waals surface area (Å²) >= 11 is 0. The van der Waals surface area contributed by atoms with Gasteiger partial charge in [0, 0.05) is 0 Å². The van der Waals surface area contributed by atoms with Crippen LogP contribution in [0.15, 0.2) is 0 Å².